The van der Waals surface area contributed by atoms with Crippen molar-refractivity contribution in [2.75, 3.05) is 7.11 Å². The van der Waals surface area contributed by atoms with Crippen molar-refractivity contribution in [3.05, 3.63) is 30.1 Å². The van der Waals surface area contributed by atoms with E-state index >= 15 is 0 Å². The number of amides is 1. The standard InChI is InChI=1S/C24H32N4O2S/c1-15(2)31-23-27-26-21(28(23)19-4-6-20(30-3)7-5-19)14-25-22(29)24-11-16-8-17(12-24)10-18(9-16)13-24/h4-7,15-18H,8-14H2,1-3H3,(H,25,29). The lowest BCUT2D eigenvalue weighted by molar-refractivity contribution is -0.146. The molecule has 4 aliphatic carbocycles. The lowest BCUT2D eigenvalue weighted by Gasteiger charge is -2.55. The van der Waals surface area contributed by atoms with Crippen LogP contribution < -0.4 is 10.1 Å². The molecule has 7 heteroatoms. The van der Waals surface area contributed by atoms with Crippen LogP contribution in [-0.2, 0) is 11.3 Å². The molecule has 0 unspecified atom stereocenters. The summed E-state index contributed by atoms with van der Waals surface area (Å²) in [6.45, 7) is 4.69. The number of rotatable bonds is 7. The maximum atomic E-state index is 13.4. The van der Waals surface area contributed by atoms with E-state index in [0.29, 0.717) is 11.8 Å². The minimum absolute atomic E-state index is 0.144. The zero-order chi connectivity index (χ0) is 21.6. The first-order valence-corrected chi connectivity index (χ1v) is 12.4. The van der Waals surface area contributed by atoms with E-state index in [2.05, 4.69) is 33.9 Å². The largest absolute Gasteiger partial charge is 0.497 e. The van der Waals surface area contributed by atoms with Crippen LogP contribution in [0.3, 0.4) is 0 Å². The van der Waals surface area contributed by atoms with E-state index in [1.54, 1.807) is 18.9 Å². The van der Waals surface area contributed by atoms with Crippen molar-refractivity contribution in [3.8, 4) is 11.4 Å². The fourth-order valence-electron chi connectivity index (χ4n) is 6.43. The maximum Gasteiger partial charge on any atom is 0.226 e. The van der Waals surface area contributed by atoms with Crippen LogP contribution >= 0.6 is 11.8 Å². The van der Waals surface area contributed by atoms with Gasteiger partial charge in [-0.05, 0) is 80.5 Å². The number of benzene rings is 1. The molecular weight excluding hydrogens is 408 g/mol. The first kappa shape index (κ1) is 20.9. The van der Waals surface area contributed by atoms with Gasteiger partial charge in [0.15, 0.2) is 11.0 Å². The van der Waals surface area contributed by atoms with Gasteiger partial charge in [-0.1, -0.05) is 25.6 Å². The van der Waals surface area contributed by atoms with E-state index in [-0.39, 0.29) is 11.3 Å². The highest BCUT2D eigenvalue weighted by atomic mass is 32.2. The number of nitrogens with zero attached hydrogens (tertiary/aromatic N) is 3. The van der Waals surface area contributed by atoms with Crippen molar-refractivity contribution >= 4 is 17.7 Å². The van der Waals surface area contributed by atoms with Gasteiger partial charge in [-0.25, -0.2) is 0 Å². The Kier molecular flexibility index (Phi) is 5.49. The lowest BCUT2D eigenvalue weighted by atomic mass is 9.49. The Morgan fingerprint density at radius 2 is 1.74 bits per heavy atom. The van der Waals surface area contributed by atoms with Gasteiger partial charge < -0.3 is 10.1 Å². The van der Waals surface area contributed by atoms with E-state index in [4.69, 9.17) is 4.74 Å². The van der Waals surface area contributed by atoms with Crippen molar-refractivity contribution < 1.29 is 9.53 Å². The van der Waals surface area contributed by atoms with E-state index in [1.165, 1.54) is 19.3 Å². The molecular formula is C24H32N4O2S. The van der Waals surface area contributed by atoms with Crippen LogP contribution in [0.4, 0.5) is 0 Å². The van der Waals surface area contributed by atoms with Gasteiger partial charge in [0.05, 0.1) is 13.7 Å². The lowest BCUT2D eigenvalue weighted by Crippen LogP contribution is -2.53. The summed E-state index contributed by atoms with van der Waals surface area (Å²) in [4.78, 5) is 13.4. The number of methoxy groups -OCH3 is 1. The number of thioether (sulfide) groups is 1. The molecule has 2 aromatic rings. The monoisotopic (exact) mass is 440 g/mol. The molecule has 1 heterocycles. The predicted octanol–water partition coefficient (Wildman–Crippen LogP) is 4.61. The number of carbonyl (C=O) groups is 1. The molecule has 0 saturated heterocycles. The Balaban J connectivity index is 1.36. The molecule has 4 fully saturated rings. The topological polar surface area (TPSA) is 69.0 Å². The molecule has 166 valence electrons. The SMILES string of the molecule is COc1ccc(-n2c(CNC(=O)C34CC5CC(CC(C5)C3)C4)nnc2SC(C)C)cc1. The van der Waals surface area contributed by atoms with Crippen LogP contribution in [0, 0.1) is 23.2 Å². The van der Waals surface area contributed by atoms with Crippen LogP contribution in [0.1, 0.15) is 58.2 Å². The molecule has 1 aromatic heterocycles. The van der Waals surface area contributed by atoms with Crippen LogP contribution in [-0.4, -0.2) is 33.0 Å². The number of hydrogen-bond donors (Lipinski definition) is 1. The van der Waals surface area contributed by atoms with E-state index in [1.807, 2.05) is 24.3 Å². The Bertz CT molecular complexity index is 918. The summed E-state index contributed by atoms with van der Waals surface area (Å²) < 4.78 is 7.36. The average Bonchev–Trinajstić information content (AvgIpc) is 3.12. The molecule has 1 amide bonds. The second-order valence-corrected chi connectivity index (χ2v) is 11.5. The van der Waals surface area contributed by atoms with Gasteiger partial charge in [0, 0.05) is 16.4 Å². The van der Waals surface area contributed by atoms with Crippen molar-refractivity contribution in [3.63, 3.8) is 0 Å². The first-order valence-electron chi connectivity index (χ1n) is 11.5. The predicted molar refractivity (Wildman–Crippen MR) is 121 cm³/mol. The van der Waals surface area contributed by atoms with Crippen molar-refractivity contribution in [2.45, 2.75) is 69.3 Å². The molecule has 6 rings (SSSR count). The summed E-state index contributed by atoms with van der Waals surface area (Å²) >= 11 is 1.68. The van der Waals surface area contributed by atoms with Gasteiger partial charge in [0.25, 0.3) is 0 Å². The summed E-state index contributed by atoms with van der Waals surface area (Å²) in [5.41, 5.74) is 0.836. The third-order valence-corrected chi connectivity index (χ3v) is 8.25. The Morgan fingerprint density at radius 3 is 2.29 bits per heavy atom. The Hall–Kier alpha value is -2.02. The number of aromatic nitrogens is 3. The number of nitrogens with one attached hydrogen (secondary N) is 1. The van der Waals surface area contributed by atoms with Crippen molar-refractivity contribution in [1.29, 1.82) is 0 Å². The molecule has 4 saturated carbocycles. The maximum absolute atomic E-state index is 13.4. The molecule has 4 bridgehead atoms. The normalized spacial score (nSPS) is 28.8. The summed E-state index contributed by atoms with van der Waals surface area (Å²) in [7, 11) is 1.67. The molecule has 1 N–H and O–H groups in total. The van der Waals surface area contributed by atoms with Crippen molar-refractivity contribution in [2.24, 2.45) is 23.2 Å². The van der Waals surface area contributed by atoms with Crippen molar-refractivity contribution in [1.82, 2.24) is 20.1 Å². The van der Waals surface area contributed by atoms with Crippen LogP contribution in [0.15, 0.2) is 29.4 Å². The summed E-state index contributed by atoms with van der Waals surface area (Å²) in [6, 6.07) is 7.90. The fourth-order valence-corrected chi connectivity index (χ4v) is 7.25. The quantitative estimate of drug-likeness (QED) is 0.637. The van der Waals surface area contributed by atoms with E-state index in [9.17, 15) is 4.79 Å². The molecule has 6 nitrogen and oxygen atoms in total. The van der Waals surface area contributed by atoms with E-state index < -0.39 is 0 Å². The second-order valence-electron chi connectivity index (χ2n) is 9.98. The van der Waals surface area contributed by atoms with Gasteiger partial charge in [0.2, 0.25) is 5.91 Å². The van der Waals surface area contributed by atoms with Crippen LogP contribution in [0.5, 0.6) is 5.75 Å². The zero-order valence-electron chi connectivity index (χ0n) is 18.6. The number of hydrogen-bond acceptors (Lipinski definition) is 5. The zero-order valence-corrected chi connectivity index (χ0v) is 19.5. The second kappa shape index (κ2) is 8.15. The van der Waals surface area contributed by atoms with E-state index in [0.717, 1.165) is 59.4 Å². The minimum Gasteiger partial charge on any atom is -0.497 e. The highest BCUT2D eigenvalue weighted by Crippen LogP contribution is 2.60. The van der Waals surface area contributed by atoms with Crippen LogP contribution in [0.25, 0.3) is 5.69 Å². The molecule has 0 spiro atoms. The van der Waals surface area contributed by atoms with Gasteiger partial charge in [-0.15, -0.1) is 10.2 Å². The molecule has 0 radical (unpaired) electrons. The smallest absolute Gasteiger partial charge is 0.226 e. The average molecular weight is 441 g/mol. The van der Waals surface area contributed by atoms with Crippen LogP contribution in [0.2, 0.25) is 0 Å². The highest BCUT2D eigenvalue weighted by Gasteiger charge is 2.54. The van der Waals surface area contributed by atoms with Gasteiger partial charge in [-0.2, -0.15) is 0 Å². The Labute approximate surface area is 188 Å². The minimum atomic E-state index is -0.144. The Morgan fingerprint density at radius 1 is 1.13 bits per heavy atom. The van der Waals surface area contributed by atoms with Gasteiger partial charge >= 0.3 is 0 Å². The summed E-state index contributed by atoms with van der Waals surface area (Å²) in [6.07, 6.45) is 7.25. The molecule has 4 aliphatic rings. The highest BCUT2D eigenvalue weighted by molar-refractivity contribution is 7.99. The summed E-state index contributed by atoms with van der Waals surface area (Å²) in [5, 5.41) is 13.4. The molecule has 31 heavy (non-hydrogen) atoms. The molecule has 0 aliphatic heterocycles. The molecule has 1 aromatic carbocycles. The number of carbonyl (C=O) groups excluding carboxylic acids is 1. The summed E-state index contributed by atoms with van der Waals surface area (Å²) in [5.74, 6) is 4.09. The molecule has 0 atom stereocenters. The van der Waals surface area contributed by atoms with Gasteiger partial charge in [0.1, 0.15) is 5.75 Å². The van der Waals surface area contributed by atoms with Gasteiger partial charge in [-0.3, -0.25) is 9.36 Å². The first-order chi connectivity index (χ1) is 15.0. The number of ether oxygens (including phenoxy) is 1. The third-order valence-electron chi connectivity index (χ3n) is 7.30. The fraction of sp³-hybridized carbons (Fsp3) is 0.625. The third kappa shape index (κ3) is 3.97.